The Bertz CT molecular complexity index is 806. The first-order valence-electron chi connectivity index (χ1n) is 8.54. The number of ether oxygens (including phenoxy) is 2. The fourth-order valence-electron chi connectivity index (χ4n) is 2.70. The highest BCUT2D eigenvalue weighted by molar-refractivity contribution is 5.92. The predicted octanol–water partition coefficient (Wildman–Crippen LogP) is 3.28. The number of carbonyl (C=O) groups is 1. The fourth-order valence-corrected chi connectivity index (χ4v) is 2.70. The maximum atomic E-state index is 13.5. The molecular formula is C21H25FN2O3. The maximum Gasteiger partial charge on any atom is 0.244 e. The lowest BCUT2D eigenvalue weighted by molar-refractivity contribution is -0.116. The third-order valence-corrected chi connectivity index (χ3v) is 4.18. The highest BCUT2D eigenvalue weighted by Gasteiger charge is 2.15. The lowest BCUT2D eigenvalue weighted by atomic mass is 10.1. The Morgan fingerprint density at radius 3 is 2.59 bits per heavy atom. The van der Waals surface area contributed by atoms with Crippen LogP contribution in [0.1, 0.15) is 17.2 Å². The zero-order valence-corrected chi connectivity index (χ0v) is 16.0. The van der Waals surface area contributed by atoms with Crippen molar-refractivity contribution in [2.75, 3.05) is 34.9 Å². The van der Waals surface area contributed by atoms with Crippen molar-refractivity contribution in [3.05, 3.63) is 65.5 Å². The van der Waals surface area contributed by atoms with E-state index in [-0.39, 0.29) is 17.8 Å². The Morgan fingerprint density at radius 1 is 1.19 bits per heavy atom. The van der Waals surface area contributed by atoms with Gasteiger partial charge in [-0.1, -0.05) is 12.1 Å². The number of methoxy groups -OCH3 is 2. The molecule has 0 saturated heterocycles. The van der Waals surface area contributed by atoms with Crippen LogP contribution in [0.25, 0.3) is 6.08 Å². The number of likely N-dealkylation sites (N-methyl/N-ethyl adjacent to an activating group) is 1. The van der Waals surface area contributed by atoms with E-state index in [2.05, 4.69) is 5.32 Å². The molecule has 1 atom stereocenters. The number of halogens is 1. The Balaban J connectivity index is 2.05. The molecule has 2 aromatic rings. The summed E-state index contributed by atoms with van der Waals surface area (Å²) in [5.74, 6) is 0.777. The van der Waals surface area contributed by atoms with E-state index < -0.39 is 0 Å². The van der Waals surface area contributed by atoms with Gasteiger partial charge in [0.2, 0.25) is 5.91 Å². The first-order chi connectivity index (χ1) is 12.9. The molecule has 0 spiro atoms. The van der Waals surface area contributed by atoms with Crippen LogP contribution in [0.3, 0.4) is 0 Å². The minimum Gasteiger partial charge on any atom is -0.497 e. The summed E-state index contributed by atoms with van der Waals surface area (Å²) in [5.41, 5.74) is 1.54. The summed E-state index contributed by atoms with van der Waals surface area (Å²) >= 11 is 0. The standard InChI is InChI=1S/C21H25FN2O3/c1-24(2)19(15-6-5-7-17(22)12-15)14-23-21(25)11-8-16-13-18(26-3)9-10-20(16)27-4/h5-13,19H,14H2,1-4H3,(H,23,25)/b11-8-/t19-/m1/s1. The topological polar surface area (TPSA) is 50.8 Å². The quantitative estimate of drug-likeness (QED) is 0.723. The van der Waals surface area contributed by atoms with Crippen molar-refractivity contribution in [2.45, 2.75) is 6.04 Å². The smallest absolute Gasteiger partial charge is 0.244 e. The van der Waals surface area contributed by atoms with Crippen molar-refractivity contribution < 1.29 is 18.7 Å². The summed E-state index contributed by atoms with van der Waals surface area (Å²) in [6.07, 6.45) is 3.11. The summed E-state index contributed by atoms with van der Waals surface area (Å²) in [4.78, 5) is 14.2. The fraction of sp³-hybridized carbons (Fsp3) is 0.286. The summed E-state index contributed by atoms with van der Waals surface area (Å²) in [6, 6.07) is 11.6. The van der Waals surface area contributed by atoms with Gasteiger partial charge in [-0.15, -0.1) is 0 Å². The largest absolute Gasteiger partial charge is 0.497 e. The predicted molar refractivity (Wildman–Crippen MR) is 104 cm³/mol. The van der Waals surface area contributed by atoms with Crippen molar-refractivity contribution in [1.82, 2.24) is 10.2 Å². The molecule has 27 heavy (non-hydrogen) atoms. The number of hydrogen-bond acceptors (Lipinski definition) is 4. The molecule has 0 aromatic heterocycles. The molecule has 0 radical (unpaired) electrons. The monoisotopic (exact) mass is 372 g/mol. The molecule has 0 aliphatic heterocycles. The minimum absolute atomic E-state index is 0.135. The Labute approximate surface area is 159 Å². The summed E-state index contributed by atoms with van der Waals surface area (Å²) in [6.45, 7) is 0.356. The molecule has 144 valence electrons. The van der Waals surface area contributed by atoms with E-state index in [1.165, 1.54) is 18.2 Å². The van der Waals surface area contributed by atoms with Gasteiger partial charge in [-0.05, 0) is 56.1 Å². The molecule has 1 N–H and O–H groups in total. The number of nitrogens with zero attached hydrogens (tertiary/aromatic N) is 1. The number of hydrogen-bond donors (Lipinski definition) is 1. The van der Waals surface area contributed by atoms with Crippen LogP contribution in [-0.2, 0) is 4.79 Å². The van der Waals surface area contributed by atoms with Gasteiger partial charge in [0.1, 0.15) is 17.3 Å². The van der Waals surface area contributed by atoms with Crippen LogP contribution in [0.4, 0.5) is 4.39 Å². The van der Waals surface area contributed by atoms with E-state index in [0.29, 0.717) is 18.0 Å². The van der Waals surface area contributed by atoms with Crippen molar-refractivity contribution in [3.8, 4) is 11.5 Å². The first kappa shape index (κ1) is 20.5. The second-order valence-electron chi connectivity index (χ2n) is 6.22. The van der Waals surface area contributed by atoms with E-state index in [0.717, 1.165) is 11.1 Å². The Morgan fingerprint density at radius 2 is 1.96 bits per heavy atom. The summed E-state index contributed by atoms with van der Waals surface area (Å²) in [5, 5.41) is 2.86. The Hall–Kier alpha value is -2.86. The maximum absolute atomic E-state index is 13.5. The highest BCUT2D eigenvalue weighted by Crippen LogP contribution is 2.25. The van der Waals surface area contributed by atoms with Crippen LogP contribution < -0.4 is 14.8 Å². The normalized spacial score (nSPS) is 12.2. The number of carbonyl (C=O) groups excluding carboxylic acids is 1. The third-order valence-electron chi connectivity index (χ3n) is 4.18. The van der Waals surface area contributed by atoms with Crippen LogP contribution in [0.5, 0.6) is 11.5 Å². The highest BCUT2D eigenvalue weighted by atomic mass is 19.1. The molecule has 0 fully saturated rings. The average molecular weight is 372 g/mol. The molecule has 2 rings (SSSR count). The van der Waals surface area contributed by atoms with Gasteiger partial charge < -0.3 is 19.7 Å². The van der Waals surface area contributed by atoms with Crippen LogP contribution in [-0.4, -0.2) is 45.7 Å². The van der Waals surface area contributed by atoms with Crippen LogP contribution in [0.15, 0.2) is 48.5 Å². The van der Waals surface area contributed by atoms with E-state index in [1.807, 2.05) is 25.1 Å². The van der Waals surface area contributed by atoms with Crippen molar-refractivity contribution in [3.63, 3.8) is 0 Å². The zero-order valence-electron chi connectivity index (χ0n) is 16.0. The third kappa shape index (κ3) is 5.82. The van der Waals surface area contributed by atoms with Crippen LogP contribution >= 0.6 is 0 Å². The van der Waals surface area contributed by atoms with Gasteiger partial charge in [0.25, 0.3) is 0 Å². The van der Waals surface area contributed by atoms with E-state index in [9.17, 15) is 9.18 Å². The zero-order chi connectivity index (χ0) is 19.8. The number of benzene rings is 2. The minimum atomic E-state index is -0.296. The van der Waals surface area contributed by atoms with E-state index in [4.69, 9.17) is 9.47 Å². The van der Waals surface area contributed by atoms with Gasteiger partial charge >= 0.3 is 0 Å². The summed E-state index contributed by atoms with van der Waals surface area (Å²) < 4.78 is 24.0. The molecule has 2 aromatic carbocycles. The van der Waals surface area contributed by atoms with Gasteiger partial charge in [-0.3, -0.25) is 4.79 Å². The average Bonchev–Trinajstić information content (AvgIpc) is 2.66. The van der Waals surface area contributed by atoms with Gasteiger partial charge in [0.15, 0.2) is 0 Å². The SMILES string of the molecule is COc1ccc(OC)c(/C=C\C(=O)NC[C@H](c2cccc(F)c2)N(C)C)c1. The molecule has 0 aliphatic rings. The molecule has 0 bridgehead atoms. The molecule has 0 aliphatic carbocycles. The molecule has 0 saturated carbocycles. The number of amides is 1. The van der Waals surface area contributed by atoms with E-state index >= 15 is 0 Å². The first-order valence-corrected chi connectivity index (χ1v) is 8.54. The van der Waals surface area contributed by atoms with Crippen molar-refractivity contribution >= 4 is 12.0 Å². The molecule has 0 unspecified atom stereocenters. The van der Waals surface area contributed by atoms with Gasteiger partial charge in [-0.2, -0.15) is 0 Å². The second-order valence-corrected chi connectivity index (χ2v) is 6.22. The number of nitrogens with one attached hydrogen (secondary N) is 1. The van der Waals surface area contributed by atoms with Gasteiger partial charge in [-0.25, -0.2) is 4.39 Å². The van der Waals surface area contributed by atoms with E-state index in [1.54, 1.807) is 44.6 Å². The van der Waals surface area contributed by atoms with Crippen LogP contribution in [0.2, 0.25) is 0 Å². The van der Waals surface area contributed by atoms with Crippen molar-refractivity contribution in [1.29, 1.82) is 0 Å². The molecule has 6 heteroatoms. The molecular weight excluding hydrogens is 347 g/mol. The van der Waals surface area contributed by atoms with Gasteiger partial charge in [0.05, 0.1) is 20.3 Å². The molecule has 1 amide bonds. The number of rotatable bonds is 8. The van der Waals surface area contributed by atoms with Gasteiger partial charge in [0, 0.05) is 18.2 Å². The summed E-state index contributed by atoms with van der Waals surface area (Å²) in [7, 11) is 6.92. The molecule has 0 heterocycles. The lowest BCUT2D eigenvalue weighted by Crippen LogP contribution is -2.33. The van der Waals surface area contributed by atoms with Crippen LogP contribution in [0, 0.1) is 5.82 Å². The van der Waals surface area contributed by atoms with Crippen molar-refractivity contribution in [2.24, 2.45) is 0 Å². The second kappa shape index (κ2) is 9.73. The molecule has 5 nitrogen and oxygen atoms in total. The Kier molecular flexibility index (Phi) is 7.37. The lowest BCUT2D eigenvalue weighted by Gasteiger charge is -2.25.